The quantitative estimate of drug-likeness (QED) is 0.687. The van der Waals surface area contributed by atoms with Crippen LogP contribution in [0.2, 0.25) is 0 Å². The van der Waals surface area contributed by atoms with E-state index in [0.29, 0.717) is 11.3 Å². The van der Waals surface area contributed by atoms with Crippen molar-refractivity contribution in [2.24, 2.45) is 0 Å². The standard InChI is InChI=1S/C14H14FNO/c1-13(2)8-14(3-4-14)17-12-9(7-16)5-10(15)6-11(12)13/h5-6H,3-4,8H2,1-2H3/i5D. The largest absolute Gasteiger partial charge is 0.486 e. The Morgan fingerprint density at radius 1 is 1.53 bits per heavy atom. The average molecular weight is 232 g/mol. The summed E-state index contributed by atoms with van der Waals surface area (Å²) in [5.74, 6) is -0.216. The summed E-state index contributed by atoms with van der Waals surface area (Å²) >= 11 is 0. The van der Waals surface area contributed by atoms with E-state index in [9.17, 15) is 4.39 Å². The summed E-state index contributed by atoms with van der Waals surface area (Å²) in [6.07, 6.45) is 2.80. The molecule has 0 unspecified atom stereocenters. The Bertz CT molecular complexity index is 584. The molecular weight excluding hydrogens is 217 g/mol. The number of ether oxygens (including phenoxy) is 1. The lowest BCUT2D eigenvalue weighted by atomic mass is 9.76. The van der Waals surface area contributed by atoms with Gasteiger partial charge in [0.2, 0.25) is 0 Å². The van der Waals surface area contributed by atoms with Crippen molar-refractivity contribution in [2.75, 3.05) is 0 Å². The molecule has 1 fully saturated rings. The zero-order chi connectivity index (χ0) is 13.1. The molecule has 0 N–H and O–H groups in total. The van der Waals surface area contributed by atoms with Crippen molar-refractivity contribution in [3.05, 3.63) is 29.1 Å². The molecule has 0 bridgehead atoms. The number of halogens is 1. The second kappa shape index (κ2) is 3.01. The van der Waals surface area contributed by atoms with Gasteiger partial charge in [-0.05, 0) is 36.8 Å². The average Bonchev–Trinajstić information content (AvgIpc) is 3.01. The highest BCUT2D eigenvalue weighted by molar-refractivity contribution is 5.54. The third kappa shape index (κ3) is 1.51. The van der Waals surface area contributed by atoms with E-state index in [1.165, 1.54) is 6.07 Å². The molecule has 3 rings (SSSR count). The van der Waals surface area contributed by atoms with Crippen LogP contribution in [0.1, 0.15) is 45.6 Å². The summed E-state index contributed by atoms with van der Waals surface area (Å²) in [6.45, 7) is 4.08. The molecule has 2 aliphatic rings. The Morgan fingerprint density at radius 2 is 2.24 bits per heavy atom. The van der Waals surface area contributed by atoms with Gasteiger partial charge in [0.05, 0.1) is 6.93 Å². The van der Waals surface area contributed by atoms with Crippen molar-refractivity contribution in [3.8, 4) is 11.8 Å². The summed E-state index contributed by atoms with van der Waals surface area (Å²) in [7, 11) is 0. The van der Waals surface area contributed by atoms with Gasteiger partial charge < -0.3 is 4.74 Å². The highest BCUT2D eigenvalue weighted by Gasteiger charge is 2.53. The number of hydrogen-bond acceptors (Lipinski definition) is 2. The maximum atomic E-state index is 13.7. The van der Waals surface area contributed by atoms with Gasteiger partial charge in [-0.1, -0.05) is 13.8 Å². The molecule has 3 heteroatoms. The summed E-state index contributed by atoms with van der Waals surface area (Å²) in [5.41, 5.74) is 0.352. The molecular formula is C14H14FNO. The summed E-state index contributed by atoms with van der Waals surface area (Å²) < 4.78 is 27.3. The minimum Gasteiger partial charge on any atom is -0.486 e. The van der Waals surface area contributed by atoms with E-state index >= 15 is 0 Å². The Kier molecular flexibility index (Phi) is 1.68. The molecule has 1 heterocycles. The Morgan fingerprint density at radius 3 is 2.82 bits per heavy atom. The molecule has 0 atom stereocenters. The van der Waals surface area contributed by atoms with Crippen LogP contribution in [0.3, 0.4) is 0 Å². The second-order valence-electron chi connectivity index (χ2n) is 5.69. The SMILES string of the molecule is [2H]c1c(F)cc2c(c1C#N)OC1(CC1)CC2(C)C. The first-order valence-corrected chi connectivity index (χ1v) is 5.81. The van der Waals surface area contributed by atoms with Crippen LogP contribution in [0.5, 0.6) is 5.75 Å². The molecule has 0 amide bonds. The van der Waals surface area contributed by atoms with Crippen molar-refractivity contribution in [2.45, 2.75) is 44.1 Å². The number of nitrogens with zero attached hydrogens (tertiary/aromatic N) is 1. The number of rotatable bonds is 0. The highest BCUT2D eigenvalue weighted by Crippen LogP contribution is 2.55. The van der Waals surface area contributed by atoms with E-state index in [4.69, 9.17) is 11.4 Å². The van der Waals surface area contributed by atoms with Crippen LogP contribution in [0.4, 0.5) is 4.39 Å². The third-order valence-electron chi connectivity index (χ3n) is 3.72. The van der Waals surface area contributed by atoms with Crippen molar-refractivity contribution in [1.82, 2.24) is 0 Å². The number of hydrogen-bond donors (Lipinski definition) is 0. The lowest BCUT2D eigenvalue weighted by Crippen LogP contribution is -2.36. The van der Waals surface area contributed by atoms with E-state index in [2.05, 4.69) is 0 Å². The van der Waals surface area contributed by atoms with Gasteiger partial charge in [-0.15, -0.1) is 0 Å². The first kappa shape index (κ1) is 9.47. The van der Waals surface area contributed by atoms with Gasteiger partial charge in [-0.25, -0.2) is 4.39 Å². The van der Waals surface area contributed by atoms with E-state index in [-0.39, 0.29) is 22.6 Å². The Hall–Kier alpha value is -1.56. The van der Waals surface area contributed by atoms with Gasteiger partial charge in [-0.3, -0.25) is 0 Å². The molecule has 1 aliphatic heterocycles. The van der Waals surface area contributed by atoms with E-state index in [1.807, 2.05) is 19.9 Å². The molecule has 2 nitrogen and oxygen atoms in total. The highest BCUT2D eigenvalue weighted by atomic mass is 19.1. The second-order valence-corrected chi connectivity index (χ2v) is 5.69. The predicted octanol–water partition coefficient (Wildman–Crippen LogP) is 3.29. The van der Waals surface area contributed by atoms with Gasteiger partial charge >= 0.3 is 0 Å². The monoisotopic (exact) mass is 232 g/mol. The van der Waals surface area contributed by atoms with E-state index in [1.54, 1.807) is 0 Å². The van der Waals surface area contributed by atoms with Crippen LogP contribution in [-0.2, 0) is 5.41 Å². The smallest absolute Gasteiger partial charge is 0.141 e. The minimum absolute atomic E-state index is 0.0315. The van der Waals surface area contributed by atoms with Gasteiger partial charge in [0.25, 0.3) is 0 Å². The number of benzene rings is 1. The lowest BCUT2D eigenvalue weighted by molar-refractivity contribution is 0.112. The summed E-state index contributed by atoms with van der Waals surface area (Å²) in [6, 6.07) is 2.91. The van der Waals surface area contributed by atoms with Crippen LogP contribution in [0.15, 0.2) is 12.1 Å². The van der Waals surface area contributed by atoms with Crippen LogP contribution < -0.4 is 4.74 Å². The zero-order valence-corrected chi connectivity index (χ0v) is 9.93. The minimum atomic E-state index is -0.645. The topological polar surface area (TPSA) is 33.0 Å². The molecule has 1 spiro atoms. The fraction of sp³-hybridized carbons (Fsp3) is 0.500. The van der Waals surface area contributed by atoms with Gasteiger partial charge in [0.1, 0.15) is 23.2 Å². The molecule has 0 saturated heterocycles. The fourth-order valence-corrected chi connectivity index (χ4v) is 2.80. The van der Waals surface area contributed by atoms with Crippen LogP contribution >= 0.6 is 0 Å². The molecule has 17 heavy (non-hydrogen) atoms. The lowest BCUT2D eigenvalue weighted by Gasteiger charge is -2.38. The molecule has 0 radical (unpaired) electrons. The van der Waals surface area contributed by atoms with Crippen LogP contribution in [0.25, 0.3) is 0 Å². The van der Waals surface area contributed by atoms with Crippen molar-refractivity contribution < 1.29 is 10.5 Å². The fourth-order valence-electron chi connectivity index (χ4n) is 2.80. The third-order valence-corrected chi connectivity index (χ3v) is 3.72. The molecule has 1 aliphatic carbocycles. The van der Waals surface area contributed by atoms with Crippen molar-refractivity contribution in [1.29, 1.82) is 5.26 Å². The molecule has 0 aromatic heterocycles. The maximum absolute atomic E-state index is 13.7. The normalized spacial score (nSPS) is 23.3. The first-order chi connectivity index (χ1) is 8.38. The summed E-state index contributed by atoms with van der Waals surface area (Å²) in [5, 5.41) is 9.14. The Labute approximate surface area is 101 Å². The maximum Gasteiger partial charge on any atom is 0.141 e. The van der Waals surface area contributed by atoms with Crippen molar-refractivity contribution in [3.63, 3.8) is 0 Å². The molecule has 1 aromatic carbocycles. The van der Waals surface area contributed by atoms with Gasteiger partial charge in [0.15, 0.2) is 0 Å². The van der Waals surface area contributed by atoms with Crippen LogP contribution in [-0.4, -0.2) is 5.60 Å². The van der Waals surface area contributed by atoms with E-state index in [0.717, 1.165) is 19.3 Å². The zero-order valence-electron chi connectivity index (χ0n) is 10.9. The molecule has 1 saturated carbocycles. The van der Waals surface area contributed by atoms with Gasteiger partial charge in [-0.2, -0.15) is 5.26 Å². The van der Waals surface area contributed by atoms with Gasteiger partial charge in [0, 0.05) is 5.56 Å². The number of fused-ring (bicyclic) bond motifs is 1. The number of nitriles is 1. The summed E-state index contributed by atoms with van der Waals surface area (Å²) in [4.78, 5) is 0. The predicted molar refractivity (Wildman–Crippen MR) is 61.4 cm³/mol. The first-order valence-electron chi connectivity index (χ1n) is 6.31. The van der Waals surface area contributed by atoms with Crippen molar-refractivity contribution >= 4 is 0 Å². The molecule has 88 valence electrons. The van der Waals surface area contributed by atoms with E-state index < -0.39 is 5.82 Å². The molecule has 1 aromatic rings. The Balaban J connectivity index is 2.28. The van der Waals surface area contributed by atoms with Crippen LogP contribution in [0, 0.1) is 17.1 Å².